The second-order valence-corrected chi connectivity index (χ2v) is 9.41. The quantitative estimate of drug-likeness (QED) is 0.0857. The van der Waals surface area contributed by atoms with Crippen LogP contribution < -0.4 is 38.1 Å². The highest BCUT2D eigenvalue weighted by atomic mass is 16.5. The number of aliphatic imine (C=N–C) groups is 1. The van der Waals surface area contributed by atoms with Crippen molar-refractivity contribution >= 4 is 41.5 Å². The molecule has 3 atom stereocenters. The van der Waals surface area contributed by atoms with Crippen LogP contribution in [-0.4, -0.2) is 97.5 Å². The molecular formula is C26H38N8O8. The second kappa shape index (κ2) is 17.9. The van der Waals surface area contributed by atoms with E-state index < -0.39 is 66.6 Å². The van der Waals surface area contributed by atoms with E-state index in [4.69, 9.17) is 16.2 Å². The Bertz CT molecular complexity index is 1130. The first-order chi connectivity index (χ1) is 20.0. The van der Waals surface area contributed by atoms with E-state index in [1.54, 1.807) is 30.3 Å². The zero-order valence-electron chi connectivity index (χ0n) is 23.1. The van der Waals surface area contributed by atoms with E-state index in [1.165, 1.54) is 0 Å². The molecule has 1 aromatic rings. The Kier molecular flexibility index (Phi) is 14.2. The number of hydrogen-bond acceptors (Lipinski definition) is 8. The molecule has 16 nitrogen and oxygen atoms in total. The third-order valence-corrected chi connectivity index (χ3v) is 5.99. The zero-order chi connectivity index (χ0) is 30.9. The summed E-state index contributed by atoms with van der Waals surface area (Å²) in [5.41, 5.74) is 11.3. The molecule has 1 aliphatic heterocycles. The van der Waals surface area contributed by atoms with Gasteiger partial charge in [-0.15, -0.1) is 0 Å². The van der Waals surface area contributed by atoms with Crippen LogP contribution in [0.15, 0.2) is 35.3 Å². The Morgan fingerprint density at radius 3 is 2.26 bits per heavy atom. The Hall–Kier alpha value is -4.73. The summed E-state index contributed by atoms with van der Waals surface area (Å²) in [6.45, 7) is -0.229. The van der Waals surface area contributed by atoms with Gasteiger partial charge in [0.1, 0.15) is 18.1 Å². The summed E-state index contributed by atoms with van der Waals surface area (Å²) < 4.78 is 5.43. The van der Waals surface area contributed by atoms with Crippen LogP contribution in [0, 0.1) is 0 Å². The number of nitrogens with zero attached hydrogens (tertiary/aromatic N) is 1. The Morgan fingerprint density at radius 2 is 1.57 bits per heavy atom. The summed E-state index contributed by atoms with van der Waals surface area (Å²) in [7, 11) is 0. The lowest BCUT2D eigenvalue weighted by molar-refractivity contribution is -0.141. The average Bonchev–Trinajstić information content (AvgIpc) is 2.94. The molecule has 1 fully saturated rings. The lowest BCUT2D eigenvalue weighted by Gasteiger charge is -2.23. The van der Waals surface area contributed by atoms with Crippen molar-refractivity contribution in [1.82, 2.24) is 26.6 Å². The van der Waals surface area contributed by atoms with Crippen LogP contribution in [0.3, 0.4) is 0 Å². The number of hydrogen-bond donors (Lipinski definition) is 8. The van der Waals surface area contributed by atoms with Gasteiger partial charge in [-0.3, -0.25) is 33.8 Å². The summed E-state index contributed by atoms with van der Waals surface area (Å²) in [5.74, 6) is -4.97. The fraction of sp³-hybridized carbons (Fsp3) is 0.500. The fourth-order valence-corrected chi connectivity index (χ4v) is 3.93. The predicted octanol–water partition coefficient (Wildman–Crippen LogP) is -3.14. The summed E-state index contributed by atoms with van der Waals surface area (Å²) in [4.78, 5) is 79.2. The number of guanidine groups is 1. The number of nitrogens with one attached hydrogen (secondary N) is 5. The van der Waals surface area contributed by atoms with Gasteiger partial charge < -0.3 is 47.9 Å². The third-order valence-electron chi connectivity index (χ3n) is 5.99. The maximum Gasteiger partial charge on any atom is 0.305 e. The van der Waals surface area contributed by atoms with E-state index in [1.807, 2.05) is 0 Å². The highest BCUT2D eigenvalue weighted by Crippen LogP contribution is 2.06. The molecule has 5 amide bonds. The molecule has 1 aliphatic rings. The minimum absolute atomic E-state index is 0.00982. The van der Waals surface area contributed by atoms with Crippen LogP contribution in [0.2, 0.25) is 0 Å². The molecule has 42 heavy (non-hydrogen) atoms. The number of ether oxygens (including phenoxy) is 1. The molecule has 10 N–H and O–H groups in total. The number of nitrogens with two attached hydrogens (primary N) is 2. The summed E-state index contributed by atoms with van der Waals surface area (Å²) in [6, 6.07) is 5.11. The lowest BCUT2D eigenvalue weighted by atomic mass is 10.0. The highest BCUT2D eigenvalue weighted by molar-refractivity contribution is 5.96. The lowest BCUT2D eigenvalue weighted by Crippen LogP contribution is -2.56. The van der Waals surface area contributed by atoms with Crippen LogP contribution in [0.4, 0.5) is 0 Å². The maximum atomic E-state index is 13.2. The van der Waals surface area contributed by atoms with E-state index in [0.29, 0.717) is 12.0 Å². The number of carbonyl (C=O) groups excluding carboxylic acids is 5. The van der Waals surface area contributed by atoms with Gasteiger partial charge in [0.25, 0.3) is 0 Å². The van der Waals surface area contributed by atoms with E-state index >= 15 is 0 Å². The minimum Gasteiger partial charge on any atom is -0.481 e. The van der Waals surface area contributed by atoms with Crippen molar-refractivity contribution in [3.63, 3.8) is 0 Å². The van der Waals surface area contributed by atoms with Crippen LogP contribution in [0.25, 0.3) is 0 Å². The van der Waals surface area contributed by atoms with Gasteiger partial charge in [0, 0.05) is 25.9 Å². The van der Waals surface area contributed by atoms with Gasteiger partial charge >= 0.3 is 5.97 Å². The molecule has 0 bridgehead atoms. The van der Waals surface area contributed by atoms with Crippen molar-refractivity contribution in [2.45, 2.75) is 50.2 Å². The first-order valence-corrected chi connectivity index (χ1v) is 13.4. The molecule has 0 radical (unpaired) electrons. The van der Waals surface area contributed by atoms with Crippen LogP contribution in [-0.2, 0) is 39.9 Å². The first-order valence-electron chi connectivity index (χ1n) is 13.4. The number of rotatable bonds is 8. The Labute approximate surface area is 242 Å². The smallest absolute Gasteiger partial charge is 0.305 e. The molecular weight excluding hydrogens is 552 g/mol. The molecule has 2 rings (SSSR count). The van der Waals surface area contributed by atoms with Gasteiger partial charge in [-0.05, 0) is 18.4 Å². The monoisotopic (exact) mass is 590 g/mol. The molecule has 0 unspecified atom stereocenters. The van der Waals surface area contributed by atoms with Crippen molar-refractivity contribution in [3.05, 3.63) is 35.9 Å². The van der Waals surface area contributed by atoms with Crippen molar-refractivity contribution in [2.75, 3.05) is 32.8 Å². The van der Waals surface area contributed by atoms with Gasteiger partial charge in [0.15, 0.2) is 5.96 Å². The fourth-order valence-electron chi connectivity index (χ4n) is 3.93. The Balaban J connectivity index is 2.21. The Morgan fingerprint density at radius 1 is 0.881 bits per heavy atom. The normalized spacial score (nSPS) is 21.6. The van der Waals surface area contributed by atoms with E-state index in [0.717, 1.165) is 0 Å². The topological polar surface area (TPSA) is 256 Å². The molecule has 230 valence electrons. The van der Waals surface area contributed by atoms with Crippen LogP contribution >= 0.6 is 0 Å². The molecule has 1 aromatic carbocycles. The number of carboxylic acid groups (broad SMARTS) is 1. The summed E-state index contributed by atoms with van der Waals surface area (Å²) >= 11 is 0. The number of amides is 5. The largest absolute Gasteiger partial charge is 0.481 e. The van der Waals surface area contributed by atoms with E-state index in [2.05, 4.69) is 31.6 Å². The molecule has 0 saturated carbocycles. The molecule has 16 heteroatoms. The number of aliphatic carboxylic acids is 1. The molecule has 0 aromatic heterocycles. The van der Waals surface area contributed by atoms with Crippen LogP contribution in [0.1, 0.15) is 31.2 Å². The van der Waals surface area contributed by atoms with Crippen molar-refractivity contribution in [3.8, 4) is 0 Å². The van der Waals surface area contributed by atoms with Gasteiger partial charge in [-0.1, -0.05) is 30.3 Å². The summed E-state index contributed by atoms with van der Waals surface area (Å²) in [6.07, 6.45) is -0.293. The molecule has 1 saturated heterocycles. The minimum atomic E-state index is -1.55. The third kappa shape index (κ3) is 13.1. The highest BCUT2D eigenvalue weighted by Gasteiger charge is 2.29. The first kappa shape index (κ1) is 33.5. The number of carbonyl (C=O) groups is 6. The SMILES string of the molecule is NC(N)=NCCC[C@@H]1NC(=O)CNC(=O)[C@H](CC(=O)O)NC(=O)[C@@H](Cc2ccccc2)NC(=O)CCOCCNC1=O. The molecule has 0 aliphatic carbocycles. The zero-order valence-corrected chi connectivity index (χ0v) is 23.1. The number of carboxylic acids is 1. The maximum absolute atomic E-state index is 13.2. The van der Waals surface area contributed by atoms with Gasteiger partial charge in [0.05, 0.1) is 26.2 Å². The van der Waals surface area contributed by atoms with Gasteiger partial charge in [0.2, 0.25) is 29.5 Å². The van der Waals surface area contributed by atoms with Crippen molar-refractivity contribution in [2.24, 2.45) is 16.5 Å². The number of benzene rings is 1. The second-order valence-electron chi connectivity index (χ2n) is 9.41. The standard InChI is InChI=1S/C26H38N8O8/c27-26(28)30-9-4-7-17-23(39)29-10-12-42-11-8-20(35)33-18(13-16-5-2-1-3-6-16)25(41)34-19(14-22(37)38)24(40)31-15-21(36)32-17/h1-3,5-6,17-19H,4,7-15H2,(H,29,39)(H,31,40)(H,32,36)(H,33,35)(H,34,41)(H,37,38)(H4,27,28,30)/t17-,18+,19-/m0/s1. The molecule has 1 heterocycles. The van der Waals surface area contributed by atoms with E-state index in [9.17, 15) is 33.9 Å². The van der Waals surface area contributed by atoms with Crippen molar-refractivity contribution < 1.29 is 38.6 Å². The van der Waals surface area contributed by atoms with E-state index in [-0.39, 0.29) is 51.5 Å². The average molecular weight is 591 g/mol. The molecule has 0 spiro atoms. The van der Waals surface area contributed by atoms with Crippen LogP contribution in [0.5, 0.6) is 0 Å². The predicted molar refractivity (Wildman–Crippen MR) is 150 cm³/mol. The van der Waals surface area contributed by atoms with Gasteiger partial charge in [-0.25, -0.2) is 0 Å². The van der Waals surface area contributed by atoms with Crippen molar-refractivity contribution in [1.29, 1.82) is 0 Å². The summed E-state index contributed by atoms with van der Waals surface area (Å²) in [5, 5.41) is 21.7. The van der Waals surface area contributed by atoms with Gasteiger partial charge in [-0.2, -0.15) is 0 Å².